The zero-order valence-corrected chi connectivity index (χ0v) is 30.4. The van der Waals surface area contributed by atoms with E-state index in [2.05, 4.69) is 20.3 Å². The van der Waals surface area contributed by atoms with Crippen molar-refractivity contribution >= 4 is 51.7 Å². The zero-order valence-electron chi connectivity index (χ0n) is 30.4. The Morgan fingerprint density at radius 3 is 2.26 bits per heavy atom. The normalized spacial score (nSPS) is 19.3. The van der Waals surface area contributed by atoms with Gasteiger partial charge in [0.05, 0.1) is 22.9 Å². The van der Waals surface area contributed by atoms with Gasteiger partial charge in [-0.3, -0.25) is 15.2 Å². The number of carbonyl (C=O) groups is 3. The first-order valence-electron chi connectivity index (χ1n) is 17.6. The number of hydrogen-bond acceptors (Lipinski definition) is 10. The quantitative estimate of drug-likeness (QED) is 0.190. The highest BCUT2D eigenvalue weighted by atomic mass is 19.2. The summed E-state index contributed by atoms with van der Waals surface area (Å²) < 4.78 is 64.2. The van der Waals surface area contributed by atoms with Gasteiger partial charge < -0.3 is 23.9 Å². The summed E-state index contributed by atoms with van der Waals surface area (Å²) in [5.41, 5.74) is -2.75. The van der Waals surface area contributed by atoms with Crippen LogP contribution in [-0.2, 0) is 14.3 Å². The molecule has 1 saturated carbocycles. The van der Waals surface area contributed by atoms with E-state index < -0.39 is 46.3 Å². The van der Waals surface area contributed by atoms with E-state index in [1.165, 1.54) is 24.4 Å². The lowest BCUT2D eigenvalue weighted by Crippen LogP contribution is -2.57. The Morgan fingerprint density at radius 2 is 1.64 bits per heavy atom. The molecule has 280 valence electrons. The molecule has 0 radical (unpaired) electrons. The molecule has 2 bridgehead atoms. The molecule has 53 heavy (non-hydrogen) atoms. The summed E-state index contributed by atoms with van der Waals surface area (Å²) in [6, 6.07) is 4.37. The van der Waals surface area contributed by atoms with Crippen LogP contribution in [0.4, 0.5) is 34.3 Å². The first kappa shape index (κ1) is 36.2. The SMILES string of the molecule is CC(C)(C)OC(=O)Nc1cc(-c2ncc3c(N4CC5CCC(C4)N5C(=O)OC(C)(C)C)nc(OCC4(C=O)CC4)nc3c2F)c2c(F)c(F)ccc2c1. The molecule has 2 aliphatic heterocycles. The zero-order chi connectivity index (χ0) is 38.0. The van der Waals surface area contributed by atoms with Gasteiger partial charge in [0.2, 0.25) is 0 Å². The number of ether oxygens (including phenoxy) is 3. The van der Waals surface area contributed by atoms with Crippen molar-refractivity contribution in [2.75, 3.05) is 29.9 Å². The number of nitrogens with zero attached hydrogens (tertiary/aromatic N) is 5. The highest BCUT2D eigenvalue weighted by molar-refractivity contribution is 6.03. The summed E-state index contributed by atoms with van der Waals surface area (Å²) in [6.45, 7) is 11.2. The average molecular weight is 735 g/mol. The van der Waals surface area contributed by atoms with E-state index in [-0.39, 0.29) is 63.3 Å². The fraction of sp³-hybridized carbons (Fsp3) is 0.474. The van der Waals surface area contributed by atoms with Crippen molar-refractivity contribution in [3.63, 3.8) is 0 Å². The lowest BCUT2D eigenvalue weighted by molar-refractivity contribution is -0.113. The summed E-state index contributed by atoms with van der Waals surface area (Å²) in [5.74, 6) is -3.04. The van der Waals surface area contributed by atoms with Crippen LogP contribution in [0.1, 0.15) is 67.2 Å². The Bertz CT molecular complexity index is 2130. The van der Waals surface area contributed by atoms with E-state index in [0.29, 0.717) is 31.7 Å². The van der Waals surface area contributed by atoms with E-state index >= 15 is 8.78 Å². The van der Waals surface area contributed by atoms with Crippen LogP contribution in [0.3, 0.4) is 0 Å². The highest BCUT2D eigenvalue weighted by Crippen LogP contribution is 2.44. The number of piperazine rings is 1. The van der Waals surface area contributed by atoms with E-state index in [9.17, 15) is 18.8 Å². The second-order valence-electron chi connectivity index (χ2n) is 16.1. The second-order valence-corrected chi connectivity index (χ2v) is 16.1. The summed E-state index contributed by atoms with van der Waals surface area (Å²) in [7, 11) is 0. The van der Waals surface area contributed by atoms with Crippen LogP contribution < -0.4 is 15.0 Å². The summed E-state index contributed by atoms with van der Waals surface area (Å²) in [5, 5.41) is 2.72. The van der Waals surface area contributed by atoms with Gasteiger partial charge in [0.15, 0.2) is 17.5 Å². The number of aldehydes is 1. The maximum Gasteiger partial charge on any atom is 0.412 e. The summed E-state index contributed by atoms with van der Waals surface area (Å²) >= 11 is 0. The van der Waals surface area contributed by atoms with E-state index in [0.717, 1.165) is 25.2 Å². The number of nitrogens with one attached hydrogen (secondary N) is 1. The fourth-order valence-electron chi connectivity index (χ4n) is 6.95. The molecule has 12 nitrogen and oxygen atoms in total. The number of halogens is 3. The van der Waals surface area contributed by atoms with Crippen LogP contribution in [0.25, 0.3) is 32.9 Å². The third-order valence-corrected chi connectivity index (χ3v) is 9.57. The molecule has 2 unspecified atom stereocenters. The average Bonchev–Trinajstić information content (AvgIpc) is 3.80. The molecule has 0 spiro atoms. The monoisotopic (exact) mass is 734 g/mol. The number of amides is 2. The van der Waals surface area contributed by atoms with Gasteiger partial charge in [-0.05, 0) is 90.8 Å². The van der Waals surface area contributed by atoms with Gasteiger partial charge in [0.25, 0.3) is 0 Å². The van der Waals surface area contributed by atoms with Gasteiger partial charge in [-0.2, -0.15) is 9.97 Å². The number of pyridine rings is 1. The minimum absolute atomic E-state index is 0.00775. The Morgan fingerprint density at radius 1 is 0.962 bits per heavy atom. The van der Waals surface area contributed by atoms with Crippen LogP contribution in [0.15, 0.2) is 30.5 Å². The number of anilines is 2. The molecule has 2 aromatic carbocycles. The van der Waals surface area contributed by atoms with Crippen molar-refractivity contribution in [1.82, 2.24) is 19.9 Å². The molecule has 3 fully saturated rings. The third kappa shape index (κ3) is 7.25. The molecule has 15 heteroatoms. The van der Waals surface area contributed by atoms with Crippen molar-refractivity contribution in [1.29, 1.82) is 0 Å². The van der Waals surface area contributed by atoms with Crippen LogP contribution in [0.2, 0.25) is 0 Å². The Balaban J connectivity index is 1.33. The van der Waals surface area contributed by atoms with E-state index in [1.54, 1.807) is 25.7 Å². The molecule has 3 aliphatic rings. The van der Waals surface area contributed by atoms with Gasteiger partial charge >= 0.3 is 18.2 Å². The number of aromatic nitrogens is 3. The van der Waals surface area contributed by atoms with E-state index in [1.807, 2.05) is 25.7 Å². The van der Waals surface area contributed by atoms with Crippen LogP contribution in [0, 0.1) is 22.9 Å². The predicted molar refractivity (Wildman–Crippen MR) is 190 cm³/mol. The van der Waals surface area contributed by atoms with Gasteiger partial charge in [-0.1, -0.05) is 6.07 Å². The van der Waals surface area contributed by atoms with Gasteiger partial charge in [-0.15, -0.1) is 0 Å². The number of carbonyl (C=O) groups excluding carboxylic acids is 3. The summed E-state index contributed by atoms with van der Waals surface area (Å²) in [6.07, 6.45) is 3.73. The molecule has 4 heterocycles. The molecule has 1 aliphatic carbocycles. The maximum atomic E-state index is 17.0. The molecule has 2 aromatic heterocycles. The minimum Gasteiger partial charge on any atom is -0.462 e. The molecule has 4 aromatic rings. The van der Waals surface area contributed by atoms with Crippen molar-refractivity contribution in [2.45, 2.75) is 90.5 Å². The molecular formula is C38H41F3N6O6. The van der Waals surface area contributed by atoms with Crippen molar-refractivity contribution in [3.05, 3.63) is 47.9 Å². The van der Waals surface area contributed by atoms with Crippen LogP contribution in [-0.4, -0.2) is 81.3 Å². The predicted octanol–water partition coefficient (Wildman–Crippen LogP) is 7.56. The Labute approximate surface area is 304 Å². The van der Waals surface area contributed by atoms with Crippen LogP contribution in [0.5, 0.6) is 6.01 Å². The minimum atomic E-state index is -1.23. The lowest BCUT2D eigenvalue weighted by Gasteiger charge is -2.42. The number of hydrogen-bond donors (Lipinski definition) is 1. The number of rotatable bonds is 7. The van der Waals surface area contributed by atoms with Crippen molar-refractivity contribution in [2.24, 2.45) is 5.41 Å². The molecular weight excluding hydrogens is 693 g/mol. The van der Waals surface area contributed by atoms with Gasteiger partial charge in [0.1, 0.15) is 41.1 Å². The first-order chi connectivity index (χ1) is 24.9. The maximum absolute atomic E-state index is 17.0. The largest absolute Gasteiger partial charge is 0.462 e. The molecule has 7 rings (SSSR count). The summed E-state index contributed by atoms with van der Waals surface area (Å²) in [4.78, 5) is 54.8. The highest BCUT2D eigenvalue weighted by Gasteiger charge is 2.46. The second kappa shape index (κ2) is 13.0. The van der Waals surface area contributed by atoms with Gasteiger partial charge in [0, 0.05) is 35.9 Å². The topological polar surface area (TPSA) is 136 Å². The van der Waals surface area contributed by atoms with Gasteiger partial charge in [-0.25, -0.2) is 22.8 Å². The van der Waals surface area contributed by atoms with Crippen molar-refractivity contribution < 1.29 is 41.8 Å². The number of benzene rings is 2. The number of fused-ring (bicyclic) bond motifs is 4. The lowest BCUT2D eigenvalue weighted by atomic mass is 9.98. The fourth-order valence-corrected chi connectivity index (χ4v) is 6.95. The van der Waals surface area contributed by atoms with Crippen molar-refractivity contribution in [3.8, 4) is 17.3 Å². The Hall–Kier alpha value is -5.21. The molecule has 2 atom stereocenters. The first-order valence-corrected chi connectivity index (χ1v) is 17.6. The van der Waals surface area contributed by atoms with E-state index in [4.69, 9.17) is 14.2 Å². The smallest absolute Gasteiger partial charge is 0.412 e. The molecule has 1 N–H and O–H groups in total. The van der Waals surface area contributed by atoms with Crippen LogP contribution >= 0.6 is 0 Å². The third-order valence-electron chi connectivity index (χ3n) is 9.57. The standard InChI is InChI=1S/C38H41F3N6O6/c1-36(2,3)52-34(49)43-21-13-20-7-10-26(39)28(40)27(20)24(14-21)30-29(41)31-25(15-42-30)32(45-33(44-31)51-19-38(18-48)11-12-38)46-16-22-8-9-23(17-46)47(22)35(50)53-37(4,5)6/h7,10,13-15,18,22-23H,8-9,11-12,16-17,19H2,1-6H3,(H,43,49). The Kier molecular flexibility index (Phi) is 8.89. The molecule has 2 saturated heterocycles. The molecule has 2 amide bonds.